The normalized spacial score (nSPS) is 11.7. The van der Waals surface area contributed by atoms with Crippen molar-refractivity contribution in [1.82, 2.24) is 4.98 Å². The SMILES string of the molecule is O=C(Nc1ccc(Sc2nc3ccccc3s2)c(C(F)(F)F)c1)c1cc(Br)cc(Br)c1O. The Morgan fingerprint density at radius 1 is 1.09 bits per heavy atom. The minimum absolute atomic E-state index is 0.0254. The number of anilines is 1. The highest BCUT2D eigenvalue weighted by Gasteiger charge is 2.34. The van der Waals surface area contributed by atoms with E-state index in [1.807, 2.05) is 18.2 Å². The molecular weight excluding hydrogens is 593 g/mol. The maximum Gasteiger partial charge on any atom is 0.417 e. The van der Waals surface area contributed by atoms with Crippen LogP contribution in [0.3, 0.4) is 0 Å². The molecule has 0 unspecified atom stereocenters. The average Bonchev–Trinajstić information content (AvgIpc) is 3.13. The smallest absolute Gasteiger partial charge is 0.417 e. The van der Waals surface area contributed by atoms with E-state index in [2.05, 4.69) is 42.2 Å². The van der Waals surface area contributed by atoms with Crippen LogP contribution in [0.15, 0.2) is 72.8 Å². The van der Waals surface area contributed by atoms with E-state index in [0.29, 0.717) is 8.81 Å². The number of aromatic nitrogens is 1. The number of para-hydroxylation sites is 1. The number of phenols is 1. The topological polar surface area (TPSA) is 62.2 Å². The molecule has 0 aliphatic carbocycles. The summed E-state index contributed by atoms with van der Waals surface area (Å²) in [7, 11) is 0. The Bertz CT molecular complexity index is 1310. The molecule has 0 aliphatic heterocycles. The quantitative estimate of drug-likeness (QED) is 0.248. The summed E-state index contributed by atoms with van der Waals surface area (Å²) in [5.74, 6) is -1.06. The van der Waals surface area contributed by atoms with E-state index in [-0.39, 0.29) is 26.4 Å². The van der Waals surface area contributed by atoms with Crippen molar-refractivity contribution in [3.05, 3.63) is 74.7 Å². The first-order chi connectivity index (χ1) is 15.1. The number of amides is 1. The number of nitrogens with zero attached hydrogens (tertiary/aromatic N) is 1. The van der Waals surface area contributed by atoms with Gasteiger partial charge in [0, 0.05) is 15.1 Å². The van der Waals surface area contributed by atoms with E-state index in [4.69, 9.17) is 0 Å². The number of nitrogens with one attached hydrogen (secondary N) is 1. The van der Waals surface area contributed by atoms with Gasteiger partial charge in [0.25, 0.3) is 5.91 Å². The Labute approximate surface area is 205 Å². The number of hydrogen-bond acceptors (Lipinski definition) is 5. The molecule has 0 aliphatic rings. The molecule has 0 atom stereocenters. The van der Waals surface area contributed by atoms with Crippen LogP contribution in [0.25, 0.3) is 10.2 Å². The molecule has 3 aromatic carbocycles. The average molecular weight is 604 g/mol. The predicted octanol–water partition coefficient (Wildman–Crippen LogP) is 7.95. The van der Waals surface area contributed by atoms with Crippen molar-refractivity contribution in [2.75, 3.05) is 5.32 Å². The van der Waals surface area contributed by atoms with Gasteiger partial charge in [-0.1, -0.05) is 39.8 Å². The first kappa shape index (κ1) is 23.1. The highest BCUT2D eigenvalue weighted by atomic mass is 79.9. The number of benzene rings is 3. The third-order valence-electron chi connectivity index (χ3n) is 4.29. The van der Waals surface area contributed by atoms with Gasteiger partial charge in [0.15, 0.2) is 4.34 Å². The van der Waals surface area contributed by atoms with Crippen LogP contribution < -0.4 is 5.32 Å². The van der Waals surface area contributed by atoms with Crippen LogP contribution in [0.4, 0.5) is 18.9 Å². The Morgan fingerprint density at radius 3 is 2.56 bits per heavy atom. The van der Waals surface area contributed by atoms with Crippen LogP contribution in [-0.2, 0) is 6.18 Å². The fraction of sp³-hybridized carbons (Fsp3) is 0.0476. The molecule has 1 heterocycles. The van der Waals surface area contributed by atoms with Gasteiger partial charge >= 0.3 is 6.18 Å². The fourth-order valence-electron chi connectivity index (χ4n) is 2.84. The number of rotatable bonds is 4. The van der Waals surface area contributed by atoms with Gasteiger partial charge in [-0.3, -0.25) is 4.79 Å². The van der Waals surface area contributed by atoms with Crippen molar-refractivity contribution in [3.8, 4) is 5.75 Å². The van der Waals surface area contributed by atoms with Crippen LogP contribution >= 0.6 is 55.0 Å². The van der Waals surface area contributed by atoms with Crippen molar-refractivity contribution in [1.29, 1.82) is 0 Å². The molecule has 2 N–H and O–H groups in total. The molecular formula is C21H11Br2F3N2O2S2. The Hall–Kier alpha value is -2.08. The summed E-state index contributed by atoms with van der Waals surface area (Å²) in [5.41, 5.74) is -0.309. The van der Waals surface area contributed by atoms with E-state index in [0.717, 1.165) is 28.0 Å². The monoisotopic (exact) mass is 602 g/mol. The van der Waals surface area contributed by atoms with Crippen LogP contribution in [0.2, 0.25) is 0 Å². The van der Waals surface area contributed by atoms with E-state index in [1.165, 1.54) is 29.5 Å². The number of halogens is 5. The van der Waals surface area contributed by atoms with Crippen LogP contribution in [-0.4, -0.2) is 16.0 Å². The molecule has 1 amide bonds. The second-order valence-electron chi connectivity index (χ2n) is 6.50. The minimum Gasteiger partial charge on any atom is -0.506 e. The van der Waals surface area contributed by atoms with Gasteiger partial charge < -0.3 is 10.4 Å². The van der Waals surface area contributed by atoms with Gasteiger partial charge in [0.1, 0.15) is 5.75 Å². The van der Waals surface area contributed by atoms with Crippen molar-refractivity contribution in [2.24, 2.45) is 0 Å². The van der Waals surface area contributed by atoms with Crippen LogP contribution in [0.1, 0.15) is 15.9 Å². The molecule has 0 saturated heterocycles. The van der Waals surface area contributed by atoms with Crippen LogP contribution in [0, 0.1) is 0 Å². The number of carbonyl (C=O) groups is 1. The number of carbonyl (C=O) groups excluding carboxylic acids is 1. The van der Waals surface area contributed by atoms with E-state index >= 15 is 0 Å². The molecule has 164 valence electrons. The molecule has 0 spiro atoms. The Morgan fingerprint density at radius 2 is 1.84 bits per heavy atom. The predicted molar refractivity (Wildman–Crippen MR) is 127 cm³/mol. The second-order valence-corrected chi connectivity index (χ2v) is 10.6. The zero-order valence-corrected chi connectivity index (χ0v) is 20.5. The van der Waals surface area contributed by atoms with E-state index < -0.39 is 17.6 Å². The lowest BCUT2D eigenvalue weighted by atomic mass is 10.1. The number of aromatic hydroxyl groups is 1. The summed E-state index contributed by atoms with van der Waals surface area (Å²) in [4.78, 5) is 16.9. The van der Waals surface area contributed by atoms with E-state index in [9.17, 15) is 23.1 Å². The number of phenolic OH excluding ortho intramolecular Hbond substituents is 1. The van der Waals surface area contributed by atoms with Gasteiger partial charge in [0.2, 0.25) is 0 Å². The largest absolute Gasteiger partial charge is 0.506 e. The van der Waals surface area contributed by atoms with Crippen molar-refractivity contribution >= 4 is 76.8 Å². The lowest BCUT2D eigenvalue weighted by Gasteiger charge is -2.14. The summed E-state index contributed by atoms with van der Waals surface area (Å²) in [5, 5.41) is 12.5. The lowest BCUT2D eigenvalue weighted by molar-refractivity contribution is -0.139. The zero-order chi connectivity index (χ0) is 23.0. The summed E-state index contributed by atoms with van der Waals surface area (Å²) in [6.45, 7) is 0. The molecule has 11 heteroatoms. The van der Waals surface area contributed by atoms with Gasteiger partial charge in [-0.05, 0) is 58.4 Å². The number of alkyl halides is 3. The third kappa shape index (κ3) is 4.95. The van der Waals surface area contributed by atoms with Crippen LogP contribution in [0.5, 0.6) is 5.75 Å². The van der Waals surface area contributed by atoms with Crippen molar-refractivity contribution in [2.45, 2.75) is 15.4 Å². The molecule has 1 aromatic heterocycles. The Kier molecular flexibility index (Phi) is 6.53. The van der Waals surface area contributed by atoms with Gasteiger partial charge in [-0.2, -0.15) is 13.2 Å². The maximum atomic E-state index is 13.8. The molecule has 4 nitrogen and oxygen atoms in total. The molecule has 32 heavy (non-hydrogen) atoms. The summed E-state index contributed by atoms with van der Waals surface area (Å²) < 4.78 is 43.5. The summed E-state index contributed by atoms with van der Waals surface area (Å²) in [6, 6.07) is 13.8. The minimum atomic E-state index is -4.64. The first-order valence-corrected chi connectivity index (χ1v) is 12.1. The van der Waals surface area contributed by atoms with Gasteiger partial charge in [-0.25, -0.2) is 4.98 Å². The summed E-state index contributed by atoms with van der Waals surface area (Å²) >= 11 is 8.57. The van der Waals surface area contributed by atoms with Gasteiger partial charge in [0.05, 0.1) is 25.8 Å². The molecule has 0 fully saturated rings. The van der Waals surface area contributed by atoms with Crippen molar-refractivity contribution < 1.29 is 23.1 Å². The number of fused-ring (bicyclic) bond motifs is 1. The van der Waals surface area contributed by atoms with Crippen molar-refractivity contribution in [3.63, 3.8) is 0 Å². The highest BCUT2D eigenvalue weighted by molar-refractivity contribution is 9.11. The molecule has 0 radical (unpaired) electrons. The van der Waals surface area contributed by atoms with E-state index in [1.54, 1.807) is 12.1 Å². The number of hydrogen-bond donors (Lipinski definition) is 2. The number of thiazole rings is 1. The third-order valence-corrected chi connectivity index (χ3v) is 7.52. The van der Waals surface area contributed by atoms with Gasteiger partial charge in [-0.15, -0.1) is 11.3 Å². The molecule has 4 aromatic rings. The molecule has 0 saturated carbocycles. The molecule has 4 rings (SSSR count). The fourth-order valence-corrected chi connectivity index (χ4v) is 6.22. The Balaban J connectivity index is 1.64. The first-order valence-electron chi connectivity index (χ1n) is 8.86. The zero-order valence-electron chi connectivity index (χ0n) is 15.7. The molecule has 0 bridgehead atoms. The second kappa shape index (κ2) is 9.05. The maximum absolute atomic E-state index is 13.8. The summed E-state index contributed by atoms with van der Waals surface area (Å²) in [6.07, 6.45) is -4.64. The highest BCUT2D eigenvalue weighted by Crippen LogP contribution is 2.43. The lowest BCUT2D eigenvalue weighted by Crippen LogP contribution is -2.14. The standard InChI is InChI=1S/C21H11Br2F3N2O2S2/c22-10-7-12(18(29)14(23)8-10)19(30)27-11-5-6-16(13(9-11)21(24,25)26)31-20-28-15-3-1-2-4-17(15)32-20/h1-9,29H,(H,27,30).